The van der Waals surface area contributed by atoms with Gasteiger partial charge in [-0.2, -0.15) is 0 Å². The third kappa shape index (κ3) is 4.88. The molecule has 4 rings (SSSR count). The van der Waals surface area contributed by atoms with Crippen LogP contribution in [0.3, 0.4) is 0 Å². The molecule has 10 heteroatoms. The van der Waals surface area contributed by atoms with Gasteiger partial charge in [0.1, 0.15) is 11.4 Å². The van der Waals surface area contributed by atoms with Crippen molar-refractivity contribution in [1.82, 2.24) is 0 Å². The molecule has 1 amide bonds. The second-order valence-corrected chi connectivity index (χ2v) is 10.3. The first kappa shape index (κ1) is 22.1. The van der Waals surface area contributed by atoms with Crippen molar-refractivity contribution in [3.05, 3.63) is 72.7 Å². The van der Waals surface area contributed by atoms with Crippen LogP contribution in [0.25, 0.3) is 6.08 Å². The van der Waals surface area contributed by atoms with Crippen LogP contribution < -0.4 is 9.64 Å². The Kier molecular flexibility index (Phi) is 6.83. The number of rotatable bonds is 6. The van der Waals surface area contributed by atoms with Crippen LogP contribution in [0.5, 0.6) is 5.75 Å². The molecular formula is C21H14Cl2N2O3S3. The fourth-order valence-corrected chi connectivity index (χ4v) is 5.66. The smallest absolute Gasteiger partial charge is 0.283 e. The van der Waals surface area contributed by atoms with Gasteiger partial charge in [-0.25, -0.2) is 4.99 Å². The molecule has 3 aromatic rings. The third-order valence-corrected chi connectivity index (χ3v) is 7.55. The van der Waals surface area contributed by atoms with Gasteiger partial charge in [-0.05, 0) is 47.9 Å². The van der Waals surface area contributed by atoms with E-state index < -0.39 is 0 Å². The fourth-order valence-electron chi connectivity index (χ4n) is 2.79. The largest absolute Gasteiger partial charge is 0.495 e. The second kappa shape index (κ2) is 9.58. The van der Waals surface area contributed by atoms with E-state index in [0.717, 1.165) is 4.88 Å². The summed E-state index contributed by atoms with van der Waals surface area (Å²) in [5.74, 6) is 0.252. The first-order valence-corrected chi connectivity index (χ1v) is 12.3. The van der Waals surface area contributed by atoms with Crippen LogP contribution in [0.2, 0.25) is 9.36 Å². The lowest BCUT2D eigenvalue weighted by Crippen LogP contribution is -2.30. The number of methoxy groups -OCH3 is 1. The number of hydrogen-bond donors (Lipinski definition) is 0. The lowest BCUT2D eigenvalue weighted by molar-refractivity contribution is -0.113. The van der Waals surface area contributed by atoms with Crippen molar-refractivity contribution in [3.8, 4) is 5.75 Å². The van der Waals surface area contributed by atoms with Gasteiger partial charge in [0.25, 0.3) is 5.91 Å². The Morgan fingerprint density at radius 3 is 2.74 bits per heavy atom. The van der Waals surface area contributed by atoms with Gasteiger partial charge in [0.15, 0.2) is 11.0 Å². The van der Waals surface area contributed by atoms with Crippen molar-refractivity contribution < 1.29 is 14.3 Å². The standard InChI is InChI=1S/C21H14Cl2N2O3S3/c1-28-17-5-4-12(9-14(17)22)25-20(27)15(10-13-3-2-8-29-13)24-21(25)30-11-16(26)18-6-7-19(23)31-18/h2-10H,11H2,1H3/b15-10+. The lowest BCUT2D eigenvalue weighted by atomic mass is 10.2. The molecule has 31 heavy (non-hydrogen) atoms. The number of amidine groups is 1. The molecule has 1 aliphatic rings. The molecule has 0 aliphatic carbocycles. The van der Waals surface area contributed by atoms with E-state index in [1.54, 1.807) is 36.4 Å². The monoisotopic (exact) mass is 508 g/mol. The molecule has 0 spiro atoms. The maximum Gasteiger partial charge on any atom is 0.283 e. The molecule has 0 radical (unpaired) electrons. The molecule has 0 bridgehead atoms. The van der Waals surface area contributed by atoms with Crippen molar-refractivity contribution in [3.63, 3.8) is 0 Å². The molecule has 0 saturated carbocycles. The number of nitrogens with zero attached hydrogens (tertiary/aromatic N) is 2. The number of benzene rings is 1. The van der Waals surface area contributed by atoms with Gasteiger partial charge in [0.2, 0.25) is 0 Å². The fraction of sp³-hybridized carbons (Fsp3) is 0.0952. The third-order valence-electron chi connectivity index (χ3n) is 4.23. The molecule has 0 N–H and O–H groups in total. The predicted octanol–water partition coefficient (Wildman–Crippen LogP) is 6.48. The summed E-state index contributed by atoms with van der Waals surface area (Å²) in [6, 6.07) is 12.3. The molecule has 2 aromatic heterocycles. The average Bonchev–Trinajstić information content (AvgIpc) is 3.48. The average molecular weight is 509 g/mol. The number of hydrogen-bond acceptors (Lipinski definition) is 7. The maximum atomic E-state index is 13.2. The molecule has 0 saturated heterocycles. The summed E-state index contributed by atoms with van der Waals surface area (Å²) in [7, 11) is 1.52. The Morgan fingerprint density at radius 2 is 2.10 bits per heavy atom. The number of amides is 1. The SMILES string of the molecule is COc1ccc(N2C(=O)/C(=C\c3cccs3)N=C2SCC(=O)c2ccc(Cl)s2)cc1Cl. The Balaban J connectivity index is 1.64. The molecule has 5 nitrogen and oxygen atoms in total. The predicted molar refractivity (Wildman–Crippen MR) is 131 cm³/mol. The summed E-state index contributed by atoms with van der Waals surface area (Å²) in [6.45, 7) is 0. The highest BCUT2D eigenvalue weighted by atomic mass is 35.5. The highest BCUT2D eigenvalue weighted by Crippen LogP contribution is 2.35. The van der Waals surface area contributed by atoms with Gasteiger partial charge in [-0.3, -0.25) is 14.5 Å². The normalized spacial score (nSPS) is 14.9. The number of ketones is 1. The molecule has 158 valence electrons. The number of halogens is 2. The van der Waals surface area contributed by atoms with Crippen molar-refractivity contribution in [2.75, 3.05) is 17.8 Å². The summed E-state index contributed by atoms with van der Waals surface area (Å²) in [6.07, 6.45) is 1.74. The van der Waals surface area contributed by atoms with Gasteiger partial charge in [0.05, 0.1) is 32.8 Å². The van der Waals surface area contributed by atoms with Crippen molar-refractivity contribution in [2.24, 2.45) is 4.99 Å². The van der Waals surface area contributed by atoms with Crippen LogP contribution in [0.15, 0.2) is 58.5 Å². The zero-order valence-electron chi connectivity index (χ0n) is 16.0. The summed E-state index contributed by atoms with van der Waals surface area (Å²) in [4.78, 5) is 33.2. The topological polar surface area (TPSA) is 59.0 Å². The van der Waals surface area contributed by atoms with Crippen LogP contribution in [0.4, 0.5) is 5.69 Å². The molecule has 3 heterocycles. The van der Waals surface area contributed by atoms with E-state index in [2.05, 4.69) is 4.99 Å². The molecule has 1 aromatic carbocycles. The minimum Gasteiger partial charge on any atom is -0.495 e. The number of Topliss-reactive ketones (excluding diaryl/α,β-unsaturated/α-hetero) is 1. The number of carbonyl (C=O) groups excluding carboxylic acids is 2. The minimum atomic E-state index is -0.288. The van der Waals surface area contributed by atoms with E-state index in [4.69, 9.17) is 27.9 Å². The molecule has 0 unspecified atom stereocenters. The first-order valence-electron chi connectivity index (χ1n) is 8.89. The van der Waals surface area contributed by atoms with Gasteiger partial charge in [-0.1, -0.05) is 41.0 Å². The maximum absolute atomic E-state index is 13.2. The van der Waals surface area contributed by atoms with Crippen LogP contribution in [-0.2, 0) is 4.79 Å². The summed E-state index contributed by atoms with van der Waals surface area (Å²) in [5, 5.41) is 2.71. The van der Waals surface area contributed by atoms with Gasteiger partial charge in [-0.15, -0.1) is 22.7 Å². The number of aliphatic imine (C=N–C) groups is 1. The van der Waals surface area contributed by atoms with Crippen molar-refractivity contribution in [2.45, 2.75) is 0 Å². The highest BCUT2D eigenvalue weighted by molar-refractivity contribution is 8.14. The summed E-state index contributed by atoms with van der Waals surface area (Å²) in [5.41, 5.74) is 0.840. The van der Waals surface area contributed by atoms with Crippen LogP contribution in [0.1, 0.15) is 14.5 Å². The van der Waals surface area contributed by atoms with Gasteiger partial charge < -0.3 is 4.74 Å². The van der Waals surface area contributed by atoms with E-state index in [9.17, 15) is 9.59 Å². The van der Waals surface area contributed by atoms with Crippen LogP contribution in [-0.4, -0.2) is 29.7 Å². The number of carbonyl (C=O) groups is 2. The quantitative estimate of drug-likeness (QED) is 0.282. The number of anilines is 1. The minimum absolute atomic E-state index is 0.0829. The Morgan fingerprint density at radius 1 is 1.26 bits per heavy atom. The van der Waals surface area contributed by atoms with Crippen molar-refractivity contribution >= 4 is 86.3 Å². The second-order valence-electron chi connectivity index (χ2n) is 6.21. The molecular weight excluding hydrogens is 495 g/mol. The van der Waals surface area contributed by atoms with Gasteiger partial charge in [0, 0.05) is 4.88 Å². The highest BCUT2D eigenvalue weighted by Gasteiger charge is 2.33. The van der Waals surface area contributed by atoms with E-state index in [1.807, 2.05) is 17.5 Å². The Bertz CT molecular complexity index is 1200. The van der Waals surface area contributed by atoms with E-state index in [1.165, 1.54) is 46.4 Å². The zero-order valence-corrected chi connectivity index (χ0v) is 20.0. The van der Waals surface area contributed by atoms with E-state index >= 15 is 0 Å². The van der Waals surface area contributed by atoms with Crippen LogP contribution in [0, 0.1) is 0 Å². The summed E-state index contributed by atoms with van der Waals surface area (Å²) >= 11 is 16.1. The molecule has 1 aliphatic heterocycles. The van der Waals surface area contributed by atoms with Crippen LogP contribution >= 0.6 is 57.6 Å². The number of thiophene rings is 2. The van der Waals surface area contributed by atoms with Crippen molar-refractivity contribution in [1.29, 1.82) is 0 Å². The lowest BCUT2D eigenvalue weighted by Gasteiger charge is -2.18. The zero-order chi connectivity index (χ0) is 22.0. The molecule has 0 fully saturated rings. The Labute approximate surface area is 201 Å². The van der Waals surface area contributed by atoms with E-state index in [0.29, 0.717) is 36.5 Å². The van der Waals surface area contributed by atoms with Gasteiger partial charge >= 0.3 is 0 Å². The number of thioether (sulfide) groups is 1. The first-order chi connectivity index (χ1) is 15.0. The number of ether oxygens (including phenoxy) is 1. The Hall–Kier alpha value is -2.10. The summed E-state index contributed by atoms with van der Waals surface area (Å²) < 4.78 is 5.76. The molecule has 0 atom stereocenters. The van der Waals surface area contributed by atoms with E-state index in [-0.39, 0.29) is 17.4 Å².